The molecule has 0 aliphatic heterocycles. The summed E-state index contributed by atoms with van der Waals surface area (Å²) < 4.78 is 22.4. The van der Waals surface area contributed by atoms with Crippen LogP contribution in [0.3, 0.4) is 0 Å². The Morgan fingerprint density at radius 1 is 1.42 bits per heavy atom. The molecule has 19 heavy (non-hydrogen) atoms. The molecule has 0 spiro atoms. The van der Waals surface area contributed by atoms with Crippen LogP contribution in [0.4, 0.5) is 0 Å². The summed E-state index contributed by atoms with van der Waals surface area (Å²) in [5.41, 5.74) is 1.28. The van der Waals surface area contributed by atoms with Gasteiger partial charge in [-0.3, -0.25) is 0 Å². The molecular formula is C14H21NO3S. The molecule has 5 heteroatoms. The molecule has 1 aliphatic rings. The van der Waals surface area contributed by atoms with Gasteiger partial charge in [0.05, 0.1) is 5.75 Å². The van der Waals surface area contributed by atoms with Crippen LogP contribution in [0, 0.1) is 0 Å². The highest BCUT2D eigenvalue weighted by Crippen LogP contribution is 2.36. The molecule has 0 saturated heterocycles. The average Bonchev–Trinajstić information content (AvgIpc) is 2.64. The monoisotopic (exact) mass is 283 g/mol. The Kier molecular flexibility index (Phi) is 3.99. The van der Waals surface area contributed by atoms with Gasteiger partial charge in [0.1, 0.15) is 15.4 Å². The van der Waals surface area contributed by atoms with Gasteiger partial charge in [-0.05, 0) is 30.9 Å². The Morgan fingerprint density at radius 2 is 2.11 bits per heavy atom. The zero-order chi connectivity index (χ0) is 14.1. The van der Waals surface area contributed by atoms with E-state index in [2.05, 4.69) is 5.32 Å². The van der Waals surface area contributed by atoms with Crippen LogP contribution < -0.4 is 5.32 Å². The van der Waals surface area contributed by atoms with Crippen molar-refractivity contribution in [2.24, 2.45) is 0 Å². The number of aliphatic hydroxyl groups is 1. The predicted octanol–water partition coefficient (Wildman–Crippen LogP) is 0.843. The summed E-state index contributed by atoms with van der Waals surface area (Å²) in [6.45, 7) is 2.21. The van der Waals surface area contributed by atoms with Crippen LogP contribution in [0.1, 0.15) is 24.5 Å². The number of sulfone groups is 1. The number of fused-ring (bicyclic) bond motifs is 1. The molecule has 2 N–H and O–H groups in total. The Morgan fingerprint density at radius 3 is 2.79 bits per heavy atom. The van der Waals surface area contributed by atoms with E-state index >= 15 is 0 Å². The Balaban J connectivity index is 2.01. The second-order valence-electron chi connectivity index (χ2n) is 5.56. The number of hydrogen-bond donors (Lipinski definition) is 2. The second-order valence-corrected chi connectivity index (χ2v) is 7.75. The quantitative estimate of drug-likeness (QED) is 0.840. The van der Waals surface area contributed by atoms with Gasteiger partial charge in [-0.2, -0.15) is 0 Å². The molecule has 106 valence electrons. The summed E-state index contributed by atoms with van der Waals surface area (Å²) in [4.78, 5) is 0. The van der Waals surface area contributed by atoms with E-state index in [1.807, 2.05) is 31.2 Å². The topological polar surface area (TPSA) is 66.4 Å². The summed E-state index contributed by atoms with van der Waals surface area (Å²) in [5, 5.41) is 13.8. The van der Waals surface area contributed by atoms with Crippen molar-refractivity contribution < 1.29 is 13.5 Å². The van der Waals surface area contributed by atoms with Gasteiger partial charge in [-0.25, -0.2) is 8.42 Å². The number of aryl methyl sites for hydroxylation is 1. The third-order valence-electron chi connectivity index (χ3n) is 3.62. The van der Waals surface area contributed by atoms with E-state index < -0.39 is 15.4 Å². The Labute approximate surface area is 114 Å². The van der Waals surface area contributed by atoms with Gasteiger partial charge in [-0.1, -0.05) is 24.3 Å². The van der Waals surface area contributed by atoms with Gasteiger partial charge in [0.25, 0.3) is 0 Å². The number of benzene rings is 1. The highest BCUT2D eigenvalue weighted by molar-refractivity contribution is 7.90. The lowest BCUT2D eigenvalue weighted by atomic mass is 9.96. The first kappa shape index (κ1) is 14.5. The van der Waals surface area contributed by atoms with E-state index in [0.29, 0.717) is 13.0 Å². The van der Waals surface area contributed by atoms with Gasteiger partial charge >= 0.3 is 0 Å². The third-order valence-corrected chi connectivity index (χ3v) is 4.73. The number of rotatable bonds is 5. The van der Waals surface area contributed by atoms with Crippen LogP contribution in [-0.4, -0.2) is 38.1 Å². The third kappa shape index (κ3) is 3.55. The lowest BCUT2D eigenvalue weighted by Crippen LogP contribution is -2.42. The van der Waals surface area contributed by atoms with Crippen LogP contribution >= 0.6 is 0 Å². The van der Waals surface area contributed by atoms with Crippen LogP contribution in [-0.2, 0) is 21.9 Å². The van der Waals surface area contributed by atoms with Gasteiger partial charge in [0.2, 0.25) is 0 Å². The maximum absolute atomic E-state index is 11.2. The molecular weight excluding hydrogens is 262 g/mol. The van der Waals surface area contributed by atoms with Crippen LogP contribution in [0.15, 0.2) is 24.3 Å². The molecule has 0 bridgehead atoms. The number of hydrogen-bond acceptors (Lipinski definition) is 4. The molecule has 0 saturated carbocycles. The van der Waals surface area contributed by atoms with Gasteiger partial charge in [0.15, 0.2) is 0 Å². The fraction of sp³-hybridized carbons (Fsp3) is 0.571. The van der Waals surface area contributed by atoms with E-state index in [0.717, 1.165) is 12.0 Å². The number of nitrogens with one attached hydrogen (secondary N) is 1. The van der Waals surface area contributed by atoms with E-state index in [1.54, 1.807) is 0 Å². The first-order chi connectivity index (χ1) is 8.80. The second kappa shape index (κ2) is 5.23. The van der Waals surface area contributed by atoms with Crippen molar-refractivity contribution in [1.29, 1.82) is 0 Å². The van der Waals surface area contributed by atoms with E-state index in [-0.39, 0.29) is 11.8 Å². The minimum absolute atomic E-state index is 0.0880. The standard InChI is InChI=1S/C14H21NO3S/c1-11(9-19(2,17)18)15-10-14(16)8-7-12-5-3-4-6-13(12)14/h3-6,11,15-16H,7-10H2,1-2H3. The van der Waals surface area contributed by atoms with E-state index in [4.69, 9.17) is 0 Å². The summed E-state index contributed by atoms with van der Waals surface area (Å²) >= 11 is 0. The van der Waals surface area contributed by atoms with Crippen molar-refractivity contribution in [3.8, 4) is 0 Å². The van der Waals surface area contributed by atoms with Crippen molar-refractivity contribution in [1.82, 2.24) is 5.32 Å². The molecule has 0 heterocycles. The largest absolute Gasteiger partial charge is 0.384 e. The first-order valence-electron chi connectivity index (χ1n) is 6.52. The molecule has 0 aromatic heterocycles. The summed E-state index contributed by atoms with van der Waals surface area (Å²) in [6, 6.07) is 7.73. The zero-order valence-corrected chi connectivity index (χ0v) is 12.2. The molecule has 1 aromatic carbocycles. The molecule has 2 atom stereocenters. The van der Waals surface area contributed by atoms with Gasteiger partial charge < -0.3 is 10.4 Å². The maximum Gasteiger partial charge on any atom is 0.148 e. The molecule has 0 radical (unpaired) electrons. The van der Waals surface area contributed by atoms with Crippen molar-refractivity contribution in [3.05, 3.63) is 35.4 Å². The zero-order valence-electron chi connectivity index (χ0n) is 11.4. The van der Waals surface area contributed by atoms with Crippen molar-refractivity contribution in [2.75, 3.05) is 18.6 Å². The SMILES string of the molecule is CC(CS(C)(=O)=O)NCC1(O)CCc2ccccc21. The van der Waals surface area contributed by atoms with Crippen molar-refractivity contribution in [3.63, 3.8) is 0 Å². The van der Waals surface area contributed by atoms with Crippen molar-refractivity contribution in [2.45, 2.75) is 31.4 Å². The van der Waals surface area contributed by atoms with Gasteiger partial charge in [-0.15, -0.1) is 0 Å². The fourth-order valence-corrected chi connectivity index (χ4v) is 3.73. The smallest absolute Gasteiger partial charge is 0.148 e. The normalized spacial score (nSPS) is 24.2. The lowest BCUT2D eigenvalue weighted by molar-refractivity contribution is 0.0369. The molecule has 1 aliphatic carbocycles. The summed E-state index contributed by atoms with van der Waals surface area (Å²) in [6.07, 6.45) is 2.78. The van der Waals surface area contributed by atoms with Crippen LogP contribution in [0.25, 0.3) is 0 Å². The molecule has 2 rings (SSSR count). The molecule has 0 fully saturated rings. The van der Waals surface area contributed by atoms with E-state index in [1.165, 1.54) is 11.8 Å². The minimum atomic E-state index is -2.99. The molecule has 1 aromatic rings. The summed E-state index contributed by atoms with van der Waals surface area (Å²) in [5.74, 6) is 0.0880. The summed E-state index contributed by atoms with van der Waals surface area (Å²) in [7, 11) is -2.99. The highest BCUT2D eigenvalue weighted by Gasteiger charge is 2.36. The first-order valence-corrected chi connectivity index (χ1v) is 8.58. The van der Waals surface area contributed by atoms with Crippen LogP contribution in [0.2, 0.25) is 0 Å². The highest BCUT2D eigenvalue weighted by atomic mass is 32.2. The maximum atomic E-state index is 11.2. The molecule has 4 nitrogen and oxygen atoms in total. The Bertz CT molecular complexity index is 556. The fourth-order valence-electron chi connectivity index (χ4n) is 2.71. The minimum Gasteiger partial charge on any atom is -0.384 e. The Hall–Kier alpha value is -0.910. The molecule has 2 unspecified atom stereocenters. The molecule has 0 amide bonds. The lowest BCUT2D eigenvalue weighted by Gasteiger charge is -2.26. The van der Waals surface area contributed by atoms with Gasteiger partial charge in [0, 0.05) is 18.8 Å². The van der Waals surface area contributed by atoms with E-state index in [9.17, 15) is 13.5 Å². The van der Waals surface area contributed by atoms with Crippen LogP contribution in [0.5, 0.6) is 0 Å². The predicted molar refractivity (Wildman–Crippen MR) is 75.8 cm³/mol. The average molecular weight is 283 g/mol. The van der Waals surface area contributed by atoms with Crippen molar-refractivity contribution >= 4 is 9.84 Å².